The molecule has 2 atom stereocenters. The Morgan fingerprint density at radius 1 is 0.571 bits per heavy atom. The second-order valence-corrected chi connectivity index (χ2v) is 12.9. The van der Waals surface area contributed by atoms with Gasteiger partial charge in [0.05, 0.1) is 11.4 Å². The number of aliphatic imine (C=N–C) groups is 2. The zero-order valence-corrected chi connectivity index (χ0v) is 28.1. The van der Waals surface area contributed by atoms with Crippen LogP contribution in [-0.2, 0) is 0 Å². The van der Waals surface area contributed by atoms with Gasteiger partial charge < -0.3 is 15.5 Å². The smallest absolute Gasteiger partial charge is 0.159 e. The lowest BCUT2D eigenvalue weighted by Crippen LogP contribution is -2.33. The monoisotopic (exact) mass is 637 g/mol. The summed E-state index contributed by atoms with van der Waals surface area (Å²) in [5.74, 6) is 1.55. The summed E-state index contributed by atoms with van der Waals surface area (Å²) < 4.78 is 0. The average Bonchev–Trinajstić information content (AvgIpc) is 3.54. The fourth-order valence-electron chi connectivity index (χ4n) is 6.71. The first-order valence-electron chi connectivity index (χ1n) is 17.0. The first kappa shape index (κ1) is 30.4. The van der Waals surface area contributed by atoms with Gasteiger partial charge in [0, 0.05) is 16.8 Å². The first-order valence-corrected chi connectivity index (χ1v) is 17.0. The van der Waals surface area contributed by atoms with Crippen LogP contribution in [0.4, 0.5) is 17.1 Å². The number of amidine groups is 2. The van der Waals surface area contributed by atoms with Crippen LogP contribution in [0.5, 0.6) is 0 Å². The van der Waals surface area contributed by atoms with Crippen molar-refractivity contribution in [2.45, 2.75) is 39.5 Å². The first-order chi connectivity index (χ1) is 24.0. The molecule has 6 aromatic carbocycles. The molecule has 0 aromatic heterocycles. The van der Waals surface area contributed by atoms with Crippen LogP contribution in [0.3, 0.4) is 0 Å². The van der Waals surface area contributed by atoms with E-state index in [9.17, 15) is 0 Å². The van der Waals surface area contributed by atoms with Gasteiger partial charge in [0.25, 0.3) is 0 Å². The lowest BCUT2D eigenvalue weighted by molar-refractivity contribution is 0.674. The maximum Gasteiger partial charge on any atom is 0.159 e. The Bertz CT molecular complexity index is 2180. The minimum Gasteiger partial charge on any atom is -0.363 e. The molecule has 0 radical (unpaired) electrons. The van der Waals surface area contributed by atoms with Gasteiger partial charge in [-0.25, -0.2) is 9.98 Å². The number of rotatable bonds is 7. The number of fused-ring (bicyclic) bond motifs is 1. The molecular weight excluding hydrogens is 599 g/mol. The predicted octanol–water partition coefficient (Wildman–Crippen LogP) is 10.4. The number of nitrogens with one attached hydrogen (secondary N) is 2. The van der Waals surface area contributed by atoms with Gasteiger partial charge in [0.1, 0.15) is 18.2 Å². The van der Waals surface area contributed by atoms with Gasteiger partial charge >= 0.3 is 0 Å². The van der Waals surface area contributed by atoms with Crippen LogP contribution >= 0.6 is 0 Å². The number of anilines is 3. The Morgan fingerprint density at radius 3 is 1.90 bits per heavy atom. The molecule has 2 heterocycles. The Labute approximate surface area is 288 Å². The summed E-state index contributed by atoms with van der Waals surface area (Å²) in [6.45, 7) is 6.42. The van der Waals surface area contributed by atoms with Crippen LogP contribution in [0, 0.1) is 13.8 Å². The van der Waals surface area contributed by atoms with Crippen LogP contribution in [0.25, 0.3) is 22.3 Å². The van der Waals surface area contributed by atoms with E-state index in [4.69, 9.17) is 9.98 Å². The van der Waals surface area contributed by atoms with E-state index < -0.39 is 0 Å². The summed E-state index contributed by atoms with van der Waals surface area (Å²) in [7, 11) is 0. The van der Waals surface area contributed by atoms with Gasteiger partial charge in [-0.3, -0.25) is 0 Å². The summed E-state index contributed by atoms with van der Waals surface area (Å²) >= 11 is 0. The Balaban J connectivity index is 1.09. The van der Waals surface area contributed by atoms with E-state index >= 15 is 0 Å². The third-order valence-corrected chi connectivity index (χ3v) is 9.44. The Kier molecular flexibility index (Phi) is 8.02. The van der Waals surface area contributed by atoms with Crippen molar-refractivity contribution in [1.29, 1.82) is 0 Å². The zero-order valence-electron chi connectivity index (χ0n) is 28.1. The van der Waals surface area contributed by atoms with Gasteiger partial charge in [-0.15, -0.1) is 0 Å². The minimum absolute atomic E-state index is 0.244. The summed E-state index contributed by atoms with van der Waals surface area (Å²) in [6.07, 6.45) is 0.971. The molecule has 240 valence electrons. The summed E-state index contributed by atoms with van der Waals surface area (Å²) in [5, 5.41) is 7.29. The molecule has 0 fully saturated rings. The summed E-state index contributed by atoms with van der Waals surface area (Å²) in [4.78, 5) is 12.5. The van der Waals surface area contributed by atoms with Crippen molar-refractivity contribution in [3.8, 4) is 22.3 Å². The molecule has 0 bridgehead atoms. The number of aryl methyl sites for hydroxylation is 2. The molecule has 6 aromatic rings. The lowest BCUT2D eigenvalue weighted by atomic mass is 9.97. The highest BCUT2D eigenvalue weighted by atomic mass is 15.3. The molecular formula is C44H39N5. The third-order valence-electron chi connectivity index (χ3n) is 9.44. The highest BCUT2D eigenvalue weighted by Crippen LogP contribution is 2.41. The maximum atomic E-state index is 5.12. The van der Waals surface area contributed by atoms with E-state index in [2.05, 4.69) is 182 Å². The van der Waals surface area contributed by atoms with E-state index in [0.29, 0.717) is 0 Å². The SMILES string of the molecule is CCC1Nc2ccccc2N1c1ccc(-c2cccc(-c3cccc(C4N=C(c5ccc(C)cc5)N=C(c5ccc(C)cc5)N4)c3)c2)cc1. The fourth-order valence-corrected chi connectivity index (χ4v) is 6.71. The van der Waals surface area contributed by atoms with Crippen LogP contribution in [0.15, 0.2) is 156 Å². The van der Waals surface area contributed by atoms with Crippen LogP contribution in [-0.4, -0.2) is 17.8 Å². The van der Waals surface area contributed by atoms with Crippen molar-refractivity contribution < 1.29 is 0 Å². The average molecular weight is 638 g/mol. The molecule has 0 saturated heterocycles. The van der Waals surface area contributed by atoms with Crippen molar-refractivity contribution in [2.75, 3.05) is 10.2 Å². The highest BCUT2D eigenvalue weighted by Gasteiger charge is 2.28. The molecule has 0 amide bonds. The molecule has 5 heteroatoms. The number of nitrogens with zero attached hydrogens (tertiary/aromatic N) is 3. The number of hydrogen-bond donors (Lipinski definition) is 2. The second-order valence-electron chi connectivity index (χ2n) is 12.9. The molecule has 0 saturated carbocycles. The molecule has 0 aliphatic carbocycles. The van der Waals surface area contributed by atoms with Gasteiger partial charge in [-0.2, -0.15) is 0 Å². The van der Waals surface area contributed by atoms with E-state index in [1.165, 1.54) is 39.3 Å². The number of hydrogen-bond acceptors (Lipinski definition) is 5. The Morgan fingerprint density at radius 2 is 1.18 bits per heavy atom. The molecule has 8 rings (SSSR count). The quantitative estimate of drug-likeness (QED) is 0.183. The Hall–Kier alpha value is -5.94. The largest absolute Gasteiger partial charge is 0.363 e. The van der Waals surface area contributed by atoms with Crippen molar-refractivity contribution >= 4 is 28.7 Å². The summed E-state index contributed by atoms with van der Waals surface area (Å²) in [6, 6.07) is 51.9. The highest BCUT2D eigenvalue weighted by molar-refractivity contribution is 6.13. The number of para-hydroxylation sites is 2. The third kappa shape index (κ3) is 6.12. The van der Waals surface area contributed by atoms with Crippen molar-refractivity contribution in [2.24, 2.45) is 9.98 Å². The molecule has 2 unspecified atom stereocenters. The zero-order chi connectivity index (χ0) is 33.3. The molecule has 2 N–H and O–H groups in total. The predicted molar refractivity (Wildman–Crippen MR) is 205 cm³/mol. The van der Waals surface area contributed by atoms with Gasteiger partial charge in [0.15, 0.2) is 5.84 Å². The lowest BCUT2D eigenvalue weighted by Gasteiger charge is -2.26. The van der Waals surface area contributed by atoms with E-state index in [-0.39, 0.29) is 12.3 Å². The molecule has 5 nitrogen and oxygen atoms in total. The molecule has 0 spiro atoms. The van der Waals surface area contributed by atoms with Crippen molar-refractivity contribution in [3.63, 3.8) is 0 Å². The van der Waals surface area contributed by atoms with E-state index in [0.717, 1.165) is 45.9 Å². The molecule has 49 heavy (non-hydrogen) atoms. The van der Waals surface area contributed by atoms with E-state index in [1.807, 2.05) is 0 Å². The summed E-state index contributed by atoms with van der Waals surface area (Å²) in [5.41, 5.74) is 13.9. The molecule has 2 aliphatic rings. The van der Waals surface area contributed by atoms with Gasteiger partial charge in [0.2, 0.25) is 0 Å². The van der Waals surface area contributed by atoms with Gasteiger partial charge in [-0.05, 0) is 84.5 Å². The minimum atomic E-state index is -0.280. The molecule has 2 aliphatic heterocycles. The normalized spacial score (nSPS) is 16.7. The van der Waals surface area contributed by atoms with Crippen LogP contribution < -0.4 is 15.5 Å². The second kappa shape index (κ2) is 12.9. The van der Waals surface area contributed by atoms with E-state index in [1.54, 1.807) is 0 Å². The van der Waals surface area contributed by atoms with Crippen molar-refractivity contribution in [1.82, 2.24) is 5.32 Å². The number of benzene rings is 6. The van der Waals surface area contributed by atoms with Crippen LogP contribution in [0.1, 0.15) is 47.3 Å². The van der Waals surface area contributed by atoms with Gasteiger partial charge in [-0.1, -0.05) is 127 Å². The fraction of sp³-hybridized carbons (Fsp3) is 0.136. The topological polar surface area (TPSA) is 52.0 Å². The van der Waals surface area contributed by atoms with Crippen LogP contribution in [0.2, 0.25) is 0 Å². The standard InChI is InChI=1S/C44H39N5/c1-4-41-45-39-13-5-6-14-40(39)49(41)38-25-23-31(24-26-38)34-9-7-10-35(27-34)36-11-8-12-37(28-36)44-47-42(32-19-15-29(2)16-20-32)46-43(48-44)33-21-17-30(3)18-22-33/h5-28,41,44-45H,4H2,1-3H3,(H,46,47,48). The van der Waals surface area contributed by atoms with Crippen molar-refractivity contribution in [3.05, 3.63) is 173 Å². The maximum absolute atomic E-state index is 5.12.